The molecule has 94 valence electrons. The molecule has 1 heterocycles. The number of nitrogens with zero attached hydrogens (tertiary/aromatic N) is 1. The van der Waals surface area contributed by atoms with Crippen LogP contribution < -0.4 is 5.73 Å². The summed E-state index contributed by atoms with van der Waals surface area (Å²) in [5.74, 6) is 1.16. The first-order chi connectivity index (χ1) is 7.66. The largest absolute Gasteiger partial charge is 0.381 e. The Morgan fingerprint density at radius 3 is 2.62 bits per heavy atom. The lowest BCUT2D eigenvalue weighted by Gasteiger charge is -2.37. The fraction of sp³-hybridized carbons (Fsp3) is 0.909. The third-order valence-corrected chi connectivity index (χ3v) is 3.86. The number of thioether (sulfide) groups is 1. The highest BCUT2D eigenvalue weighted by Crippen LogP contribution is 2.31. The van der Waals surface area contributed by atoms with Crippen molar-refractivity contribution in [2.75, 3.05) is 45.4 Å². The van der Waals surface area contributed by atoms with E-state index >= 15 is 0 Å². The third-order valence-electron chi connectivity index (χ3n) is 3.27. The number of hydrogen-bond acceptors (Lipinski definition) is 4. The summed E-state index contributed by atoms with van der Waals surface area (Å²) in [6.07, 6.45) is 3.56. The van der Waals surface area contributed by atoms with Crippen LogP contribution in [0.25, 0.3) is 0 Å². The lowest BCUT2D eigenvalue weighted by molar-refractivity contribution is -0.145. The van der Waals surface area contributed by atoms with Crippen LogP contribution in [0.1, 0.15) is 12.8 Å². The Morgan fingerprint density at radius 1 is 1.50 bits per heavy atom. The van der Waals surface area contributed by atoms with Crippen molar-refractivity contribution in [3.05, 3.63) is 0 Å². The molecule has 1 aliphatic heterocycles. The molecule has 0 bridgehead atoms. The lowest BCUT2D eigenvalue weighted by Crippen LogP contribution is -2.50. The van der Waals surface area contributed by atoms with E-state index in [1.807, 2.05) is 18.2 Å². The lowest BCUT2D eigenvalue weighted by atomic mass is 9.79. The summed E-state index contributed by atoms with van der Waals surface area (Å²) in [7, 11) is 1.87. The van der Waals surface area contributed by atoms with E-state index in [0.717, 1.165) is 25.1 Å². The van der Waals surface area contributed by atoms with Crippen molar-refractivity contribution >= 4 is 17.7 Å². The average molecular weight is 246 g/mol. The molecule has 4 nitrogen and oxygen atoms in total. The number of ether oxygens (including phenoxy) is 1. The van der Waals surface area contributed by atoms with E-state index in [-0.39, 0.29) is 11.3 Å². The highest BCUT2D eigenvalue weighted by atomic mass is 32.2. The molecule has 0 aliphatic carbocycles. The van der Waals surface area contributed by atoms with Crippen LogP contribution >= 0.6 is 11.8 Å². The predicted octanol–water partition coefficient (Wildman–Crippen LogP) is 0.563. The third kappa shape index (κ3) is 3.12. The van der Waals surface area contributed by atoms with Crippen molar-refractivity contribution in [1.82, 2.24) is 4.90 Å². The molecule has 5 heteroatoms. The molecular weight excluding hydrogens is 224 g/mol. The van der Waals surface area contributed by atoms with E-state index < -0.39 is 0 Å². The monoisotopic (exact) mass is 246 g/mol. The van der Waals surface area contributed by atoms with Gasteiger partial charge in [-0.05, 0) is 19.1 Å². The summed E-state index contributed by atoms with van der Waals surface area (Å²) in [5.41, 5.74) is 5.43. The first kappa shape index (κ1) is 13.8. The van der Waals surface area contributed by atoms with Crippen molar-refractivity contribution in [2.24, 2.45) is 11.1 Å². The maximum Gasteiger partial charge on any atom is 0.230 e. The normalized spacial score (nSPS) is 19.4. The molecule has 1 aliphatic rings. The molecule has 0 saturated carbocycles. The first-order valence-electron chi connectivity index (χ1n) is 5.68. The van der Waals surface area contributed by atoms with Gasteiger partial charge < -0.3 is 15.4 Å². The highest BCUT2D eigenvalue weighted by molar-refractivity contribution is 7.98. The van der Waals surface area contributed by atoms with Crippen molar-refractivity contribution in [3.8, 4) is 0 Å². The molecule has 0 aromatic heterocycles. The summed E-state index contributed by atoms with van der Waals surface area (Å²) < 4.78 is 5.31. The Kier molecular flexibility index (Phi) is 5.58. The van der Waals surface area contributed by atoms with Crippen LogP contribution in [0.4, 0.5) is 0 Å². The summed E-state index contributed by atoms with van der Waals surface area (Å²) >= 11 is 1.75. The van der Waals surface area contributed by atoms with Gasteiger partial charge >= 0.3 is 0 Å². The van der Waals surface area contributed by atoms with Gasteiger partial charge in [0.05, 0.1) is 5.41 Å². The second kappa shape index (κ2) is 6.47. The first-order valence-corrected chi connectivity index (χ1v) is 7.08. The quantitative estimate of drug-likeness (QED) is 0.770. The molecule has 2 N–H and O–H groups in total. The maximum atomic E-state index is 12.3. The molecule has 0 spiro atoms. The Bertz CT molecular complexity index is 230. The van der Waals surface area contributed by atoms with Gasteiger partial charge in [-0.2, -0.15) is 11.8 Å². The van der Waals surface area contributed by atoms with Crippen LogP contribution in [0.15, 0.2) is 0 Å². The zero-order valence-corrected chi connectivity index (χ0v) is 11.0. The second-order valence-electron chi connectivity index (χ2n) is 4.32. The molecule has 16 heavy (non-hydrogen) atoms. The zero-order valence-electron chi connectivity index (χ0n) is 10.2. The van der Waals surface area contributed by atoms with Crippen molar-refractivity contribution in [3.63, 3.8) is 0 Å². The predicted molar refractivity (Wildman–Crippen MR) is 67.6 cm³/mol. The van der Waals surface area contributed by atoms with Gasteiger partial charge in [0, 0.05) is 39.1 Å². The number of carbonyl (C=O) groups excluding carboxylic acids is 1. The molecule has 0 atom stereocenters. The van der Waals surface area contributed by atoms with Gasteiger partial charge in [-0.3, -0.25) is 4.79 Å². The van der Waals surface area contributed by atoms with Gasteiger partial charge in [-0.15, -0.1) is 0 Å². The zero-order chi connectivity index (χ0) is 12.0. The summed E-state index contributed by atoms with van der Waals surface area (Å²) in [6, 6.07) is 0. The van der Waals surface area contributed by atoms with Gasteiger partial charge in [0.1, 0.15) is 0 Å². The van der Waals surface area contributed by atoms with E-state index in [1.54, 1.807) is 11.8 Å². The molecule has 1 fully saturated rings. The van der Waals surface area contributed by atoms with Crippen molar-refractivity contribution in [1.29, 1.82) is 0 Å². The Labute approximate surface area is 102 Å². The fourth-order valence-electron chi connectivity index (χ4n) is 2.00. The number of amides is 1. The maximum absolute atomic E-state index is 12.3. The Balaban J connectivity index is 2.60. The molecule has 1 amide bonds. The topological polar surface area (TPSA) is 55.6 Å². The van der Waals surface area contributed by atoms with Crippen LogP contribution in [-0.4, -0.2) is 56.2 Å². The average Bonchev–Trinajstić information content (AvgIpc) is 2.35. The van der Waals surface area contributed by atoms with Crippen LogP contribution in [0.5, 0.6) is 0 Å². The SMILES string of the molecule is CSCCN(C)C(=O)C1(CN)CCOCC1. The van der Waals surface area contributed by atoms with Gasteiger partial charge in [0.25, 0.3) is 0 Å². The molecular formula is C11H22N2O2S. The number of carbonyl (C=O) groups is 1. The number of nitrogens with two attached hydrogens (primary N) is 1. The molecule has 0 aromatic carbocycles. The molecule has 1 rings (SSSR count). The van der Waals surface area contributed by atoms with Crippen LogP contribution in [-0.2, 0) is 9.53 Å². The standard InChI is InChI=1S/C11H22N2O2S/c1-13(5-8-16-2)10(14)11(9-12)3-6-15-7-4-11/h3-9,12H2,1-2H3. The van der Waals surface area contributed by atoms with Crippen LogP contribution in [0, 0.1) is 5.41 Å². The summed E-state index contributed by atoms with van der Waals surface area (Å²) in [5, 5.41) is 0. The van der Waals surface area contributed by atoms with Gasteiger partial charge in [0.2, 0.25) is 5.91 Å². The van der Waals surface area contributed by atoms with E-state index in [9.17, 15) is 4.79 Å². The smallest absolute Gasteiger partial charge is 0.230 e. The number of rotatable bonds is 5. The molecule has 0 unspecified atom stereocenters. The van der Waals surface area contributed by atoms with E-state index in [2.05, 4.69) is 0 Å². The summed E-state index contributed by atoms with van der Waals surface area (Å²) in [6.45, 7) is 2.53. The van der Waals surface area contributed by atoms with E-state index in [4.69, 9.17) is 10.5 Å². The van der Waals surface area contributed by atoms with Crippen molar-refractivity contribution < 1.29 is 9.53 Å². The molecule has 0 radical (unpaired) electrons. The summed E-state index contributed by atoms with van der Waals surface area (Å²) in [4.78, 5) is 14.2. The minimum absolute atomic E-state index is 0.187. The number of hydrogen-bond donors (Lipinski definition) is 1. The minimum Gasteiger partial charge on any atom is -0.381 e. The second-order valence-corrected chi connectivity index (χ2v) is 5.30. The Morgan fingerprint density at radius 2 is 2.12 bits per heavy atom. The van der Waals surface area contributed by atoms with Crippen molar-refractivity contribution in [2.45, 2.75) is 12.8 Å². The molecule has 1 saturated heterocycles. The Hall–Kier alpha value is -0.260. The van der Waals surface area contributed by atoms with Gasteiger partial charge in [-0.1, -0.05) is 0 Å². The van der Waals surface area contributed by atoms with Crippen LogP contribution in [0.3, 0.4) is 0 Å². The minimum atomic E-state index is -0.370. The fourth-order valence-corrected chi connectivity index (χ4v) is 2.46. The highest BCUT2D eigenvalue weighted by Gasteiger charge is 2.40. The molecule has 0 aromatic rings. The van der Waals surface area contributed by atoms with Crippen LogP contribution in [0.2, 0.25) is 0 Å². The van der Waals surface area contributed by atoms with E-state index in [1.165, 1.54) is 0 Å². The van der Waals surface area contributed by atoms with Gasteiger partial charge in [0.15, 0.2) is 0 Å². The van der Waals surface area contributed by atoms with Gasteiger partial charge in [-0.25, -0.2) is 0 Å². The van der Waals surface area contributed by atoms with E-state index in [0.29, 0.717) is 19.8 Å².